The SMILES string of the molecule is CN1CCCN(CC(=O)N2CC[C@H](O)[C@@H](O)C2)CC1. The Bertz CT molecular complexity index is 314. The minimum absolute atomic E-state index is 0.0653. The summed E-state index contributed by atoms with van der Waals surface area (Å²) in [5, 5.41) is 19.1. The van der Waals surface area contributed by atoms with Gasteiger partial charge in [0.2, 0.25) is 5.91 Å². The molecule has 6 nitrogen and oxygen atoms in total. The van der Waals surface area contributed by atoms with Gasteiger partial charge in [0.05, 0.1) is 18.8 Å². The van der Waals surface area contributed by atoms with Crippen molar-refractivity contribution in [3.63, 3.8) is 0 Å². The number of β-amino-alcohol motifs (C(OH)–C–C–N with tert-alkyl or cyclic N) is 1. The second-order valence-electron chi connectivity index (χ2n) is 5.70. The minimum Gasteiger partial charge on any atom is -0.390 e. The number of aliphatic hydroxyl groups is 2. The van der Waals surface area contributed by atoms with Crippen LogP contribution in [0.4, 0.5) is 0 Å². The summed E-state index contributed by atoms with van der Waals surface area (Å²) in [5.74, 6) is 0.0653. The van der Waals surface area contributed by atoms with E-state index in [9.17, 15) is 15.0 Å². The summed E-state index contributed by atoms with van der Waals surface area (Å²) in [6.45, 7) is 5.18. The average Bonchev–Trinajstić information content (AvgIpc) is 2.58. The summed E-state index contributed by atoms with van der Waals surface area (Å²) >= 11 is 0. The van der Waals surface area contributed by atoms with Gasteiger partial charge in [-0.3, -0.25) is 9.69 Å². The zero-order valence-corrected chi connectivity index (χ0v) is 11.7. The first kappa shape index (κ1) is 14.7. The molecule has 1 amide bonds. The molecular formula is C13H25N3O3. The number of piperidine rings is 1. The van der Waals surface area contributed by atoms with Gasteiger partial charge >= 0.3 is 0 Å². The molecule has 0 aromatic carbocycles. The standard InChI is InChI=1S/C13H25N3O3/c1-14-4-2-5-15(8-7-14)10-13(19)16-6-3-11(17)12(18)9-16/h11-12,17-18H,2-10H2,1H3/t11-,12-/m0/s1. The maximum atomic E-state index is 12.2. The molecule has 2 fully saturated rings. The van der Waals surface area contributed by atoms with Crippen molar-refractivity contribution in [2.45, 2.75) is 25.0 Å². The Morgan fingerprint density at radius 3 is 2.63 bits per heavy atom. The number of rotatable bonds is 2. The topological polar surface area (TPSA) is 67.2 Å². The maximum absolute atomic E-state index is 12.2. The minimum atomic E-state index is -0.798. The van der Waals surface area contributed by atoms with Crippen LogP contribution in [0.5, 0.6) is 0 Å². The van der Waals surface area contributed by atoms with Crippen molar-refractivity contribution in [3.05, 3.63) is 0 Å². The van der Waals surface area contributed by atoms with Crippen molar-refractivity contribution in [1.29, 1.82) is 0 Å². The smallest absolute Gasteiger partial charge is 0.236 e. The highest BCUT2D eigenvalue weighted by Crippen LogP contribution is 2.12. The fourth-order valence-corrected chi connectivity index (χ4v) is 2.70. The Balaban J connectivity index is 1.80. The van der Waals surface area contributed by atoms with Crippen molar-refractivity contribution in [2.24, 2.45) is 0 Å². The summed E-state index contributed by atoms with van der Waals surface area (Å²) in [6, 6.07) is 0. The second kappa shape index (κ2) is 6.65. The molecule has 2 atom stereocenters. The highest BCUT2D eigenvalue weighted by molar-refractivity contribution is 5.78. The van der Waals surface area contributed by atoms with Gasteiger partial charge in [-0.05, 0) is 33.0 Å². The van der Waals surface area contributed by atoms with E-state index in [1.165, 1.54) is 0 Å². The van der Waals surface area contributed by atoms with Crippen LogP contribution in [-0.2, 0) is 4.79 Å². The Kier molecular flexibility index (Phi) is 5.15. The molecule has 0 aliphatic carbocycles. The van der Waals surface area contributed by atoms with Gasteiger partial charge in [0.25, 0.3) is 0 Å². The number of nitrogens with zero attached hydrogens (tertiary/aromatic N) is 3. The maximum Gasteiger partial charge on any atom is 0.236 e. The molecule has 2 heterocycles. The predicted octanol–water partition coefficient (Wildman–Crippen LogP) is -1.42. The quantitative estimate of drug-likeness (QED) is 0.645. The van der Waals surface area contributed by atoms with Gasteiger partial charge in [-0.15, -0.1) is 0 Å². The zero-order valence-electron chi connectivity index (χ0n) is 11.7. The van der Waals surface area contributed by atoms with E-state index < -0.39 is 12.2 Å². The molecule has 0 radical (unpaired) electrons. The number of likely N-dealkylation sites (tertiary alicyclic amines) is 1. The molecule has 110 valence electrons. The number of amides is 1. The molecule has 0 aromatic rings. The van der Waals surface area contributed by atoms with E-state index in [1.54, 1.807) is 4.90 Å². The summed E-state index contributed by atoms with van der Waals surface area (Å²) < 4.78 is 0. The van der Waals surface area contributed by atoms with Crippen LogP contribution < -0.4 is 0 Å². The first-order valence-electron chi connectivity index (χ1n) is 7.11. The second-order valence-corrected chi connectivity index (χ2v) is 5.70. The largest absolute Gasteiger partial charge is 0.390 e. The van der Waals surface area contributed by atoms with Gasteiger partial charge < -0.3 is 20.0 Å². The molecular weight excluding hydrogens is 246 g/mol. The molecule has 2 rings (SSSR count). The molecule has 0 aromatic heterocycles. The van der Waals surface area contributed by atoms with Crippen LogP contribution in [-0.4, -0.2) is 95.9 Å². The molecule has 19 heavy (non-hydrogen) atoms. The summed E-state index contributed by atoms with van der Waals surface area (Å²) in [6.07, 6.45) is 0.0738. The van der Waals surface area contributed by atoms with Crippen LogP contribution >= 0.6 is 0 Å². The zero-order chi connectivity index (χ0) is 13.8. The van der Waals surface area contributed by atoms with Crippen LogP contribution in [0, 0.1) is 0 Å². The monoisotopic (exact) mass is 271 g/mol. The van der Waals surface area contributed by atoms with Crippen molar-refractivity contribution in [3.8, 4) is 0 Å². The third-order valence-electron chi connectivity index (χ3n) is 4.07. The van der Waals surface area contributed by atoms with Crippen LogP contribution in [0.1, 0.15) is 12.8 Å². The number of aliphatic hydroxyl groups excluding tert-OH is 2. The number of carbonyl (C=O) groups excluding carboxylic acids is 1. The number of hydrogen-bond donors (Lipinski definition) is 2. The van der Waals surface area contributed by atoms with E-state index in [0.717, 1.165) is 32.6 Å². The lowest BCUT2D eigenvalue weighted by Crippen LogP contribution is -2.51. The van der Waals surface area contributed by atoms with Gasteiger partial charge in [0.15, 0.2) is 0 Å². The number of carbonyl (C=O) groups is 1. The Morgan fingerprint density at radius 1 is 1.11 bits per heavy atom. The summed E-state index contributed by atoms with van der Waals surface area (Å²) in [4.78, 5) is 18.3. The van der Waals surface area contributed by atoms with Crippen molar-refractivity contribution in [2.75, 3.05) is 52.9 Å². The van der Waals surface area contributed by atoms with E-state index in [0.29, 0.717) is 19.5 Å². The summed E-state index contributed by atoms with van der Waals surface area (Å²) in [5.41, 5.74) is 0. The van der Waals surface area contributed by atoms with Gasteiger partial charge in [-0.2, -0.15) is 0 Å². The predicted molar refractivity (Wildman–Crippen MR) is 71.8 cm³/mol. The Hall–Kier alpha value is -0.690. The normalized spacial score (nSPS) is 31.2. The average molecular weight is 271 g/mol. The highest BCUT2D eigenvalue weighted by Gasteiger charge is 2.29. The lowest BCUT2D eigenvalue weighted by atomic mass is 10.1. The van der Waals surface area contributed by atoms with E-state index in [1.807, 2.05) is 0 Å². The first-order valence-corrected chi connectivity index (χ1v) is 7.11. The highest BCUT2D eigenvalue weighted by atomic mass is 16.3. The molecule has 0 bridgehead atoms. The fraction of sp³-hybridized carbons (Fsp3) is 0.923. The Morgan fingerprint density at radius 2 is 1.89 bits per heavy atom. The number of hydrogen-bond acceptors (Lipinski definition) is 5. The molecule has 6 heteroatoms. The third-order valence-corrected chi connectivity index (χ3v) is 4.07. The van der Waals surface area contributed by atoms with Crippen LogP contribution in [0.2, 0.25) is 0 Å². The van der Waals surface area contributed by atoms with Crippen molar-refractivity contribution in [1.82, 2.24) is 14.7 Å². The third kappa shape index (κ3) is 4.14. The first-order chi connectivity index (χ1) is 9.06. The molecule has 0 spiro atoms. The lowest BCUT2D eigenvalue weighted by molar-refractivity contribution is -0.138. The van der Waals surface area contributed by atoms with Gasteiger partial charge in [-0.25, -0.2) is 0 Å². The van der Waals surface area contributed by atoms with E-state index in [2.05, 4.69) is 16.8 Å². The molecule has 2 N–H and O–H groups in total. The molecule has 0 saturated carbocycles. The van der Waals surface area contributed by atoms with E-state index >= 15 is 0 Å². The number of likely N-dealkylation sites (N-methyl/N-ethyl adjacent to an activating group) is 1. The Labute approximate surface area is 114 Å². The summed E-state index contributed by atoms with van der Waals surface area (Å²) in [7, 11) is 2.10. The van der Waals surface area contributed by atoms with E-state index in [4.69, 9.17) is 0 Å². The molecule has 2 aliphatic rings. The van der Waals surface area contributed by atoms with Gasteiger partial charge in [0, 0.05) is 26.2 Å². The van der Waals surface area contributed by atoms with Crippen LogP contribution in [0.15, 0.2) is 0 Å². The van der Waals surface area contributed by atoms with E-state index in [-0.39, 0.29) is 12.5 Å². The molecule has 2 saturated heterocycles. The molecule has 0 unspecified atom stereocenters. The fourth-order valence-electron chi connectivity index (χ4n) is 2.70. The lowest BCUT2D eigenvalue weighted by Gasteiger charge is -2.34. The molecule has 2 aliphatic heterocycles. The van der Waals surface area contributed by atoms with Gasteiger partial charge in [0.1, 0.15) is 0 Å². The van der Waals surface area contributed by atoms with Gasteiger partial charge in [-0.1, -0.05) is 0 Å². The van der Waals surface area contributed by atoms with Crippen molar-refractivity contribution < 1.29 is 15.0 Å². The van der Waals surface area contributed by atoms with Crippen molar-refractivity contribution >= 4 is 5.91 Å². The van der Waals surface area contributed by atoms with Crippen LogP contribution in [0.3, 0.4) is 0 Å². The van der Waals surface area contributed by atoms with Crippen LogP contribution in [0.25, 0.3) is 0 Å².